The summed E-state index contributed by atoms with van der Waals surface area (Å²) in [7, 11) is 0. The zero-order chi connectivity index (χ0) is 17.1. The summed E-state index contributed by atoms with van der Waals surface area (Å²) in [6.45, 7) is 1.21. The van der Waals surface area contributed by atoms with Crippen molar-refractivity contribution in [2.75, 3.05) is 23.3 Å². The predicted octanol–water partition coefficient (Wildman–Crippen LogP) is 2.38. The average molecular weight is 326 g/mol. The molecule has 1 heterocycles. The fourth-order valence-corrected chi connectivity index (χ4v) is 2.38. The fraction of sp³-hybridized carbons (Fsp3) is 0.125. The molecule has 0 radical (unpaired) electrons. The van der Waals surface area contributed by atoms with Crippen LogP contribution in [0.3, 0.4) is 0 Å². The molecule has 2 aromatic carbocycles. The van der Waals surface area contributed by atoms with Crippen LogP contribution in [0.5, 0.6) is 0 Å². The van der Waals surface area contributed by atoms with Gasteiger partial charge in [-0.1, -0.05) is 0 Å². The zero-order valence-corrected chi connectivity index (χ0v) is 12.6. The predicted molar refractivity (Wildman–Crippen MR) is 88.2 cm³/mol. The molecule has 24 heavy (non-hydrogen) atoms. The molecule has 3 rings (SSSR count). The monoisotopic (exact) mass is 326 g/mol. The van der Waals surface area contributed by atoms with Crippen molar-refractivity contribution < 1.29 is 14.5 Å². The van der Waals surface area contributed by atoms with Gasteiger partial charge in [0, 0.05) is 42.2 Å². The number of nitro benzene ring substituents is 1. The van der Waals surface area contributed by atoms with Crippen LogP contribution in [-0.2, 0) is 0 Å². The standard InChI is InChI=1S/C16H14N4O4/c21-15(11-1-5-14(6-2-11)20(23)24)18-12-3-7-13(8-4-12)19-10-9-17-16(19)22/h1-8H,9-10H2,(H,17,22)(H,18,21). The van der Waals surface area contributed by atoms with Crippen LogP contribution in [0.4, 0.5) is 21.9 Å². The molecule has 0 aliphatic carbocycles. The molecule has 0 bridgehead atoms. The van der Waals surface area contributed by atoms with Gasteiger partial charge in [0.1, 0.15) is 0 Å². The molecule has 3 amide bonds. The van der Waals surface area contributed by atoms with E-state index in [1.54, 1.807) is 29.2 Å². The maximum Gasteiger partial charge on any atom is 0.321 e. The molecule has 2 N–H and O–H groups in total. The molecular formula is C16H14N4O4. The summed E-state index contributed by atoms with van der Waals surface area (Å²) in [5, 5.41) is 16.0. The Bertz CT molecular complexity index is 787. The first-order valence-corrected chi connectivity index (χ1v) is 7.26. The van der Waals surface area contributed by atoms with Crippen LogP contribution in [0.1, 0.15) is 10.4 Å². The molecule has 8 nitrogen and oxygen atoms in total. The first-order valence-electron chi connectivity index (χ1n) is 7.26. The maximum absolute atomic E-state index is 12.1. The van der Waals surface area contributed by atoms with Crippen molar-refractivity contribution in [3.8, 4) is 0 Å². The topological polar surface area (TPSA) is 105 Å². The number of rotatable bonds is 4. The highest BCUT2D eigenvalue weighted by atomic mass is 16.6. The van der Waals surface area contributed by atoms with E-state index in [1.165, 1.54) is 24.3 Å². The smallest absolute Gasteiger partial charge is 0.321 e. The number of nitrogens with one attached hydrogen (secondary N) is 2. The normalized spacial score (nSPS) is 13.5. The number of hydrogen-bond donors (Lipinski definition) is 2. The molecule has 0 saturated carbocycles. The summed E-state index contributed by atoms with van der Waals surface area (Å²) >= 11 is 0. The molecule has 1 saturated heterocycles. The minimum absolute atomic E-state index is 0.0696. The third-order valence-electron chi connectivity index (χ3n) is 3.63. The molecule has 0 spiro atoms. The minimum Gasteiger partial charge on any atom is -0.336 e. The Balaban J connectivity index is 1.68. The lowest BCUT2D eigenvalue weighted by Gasteiger charge is -2.14. The van der Waals surface area contributed by atoms with Crippen molar-refractivity contribution in [2.45, 2.75) is 0 Å². The molecule has 0 atom stereocenters. The second-order valence-corrected chi connectivity index (χ2v) is 5.19. The molecule has 0 aromatic heterocycles. The third kappa shape index (κ3) is 3.17. The van der Waals surface area contributed by atoms with E-state index in [1.807, 2.05) is 0 Å². The van der Waals surface area contributed by atoms with Gasteiger partial charge in [0.15, 0.2) is 0 Å². The number of hydrogen-bond acceptors (Lipinski definition) is 4. The Morgan fingerprint density at radius 2 is 1.79 bits per heavy atom. The van der Waals surface area contributed by atoms with Crippen LogP contribution >= 0.6 is 0 Å². The largest absolute Gasteiger partial charge is 0.336 e. The van der Waals surface area contributed by atoms with E-state index in [-0.39, 0.29) is 17.6 Å². The number of nitro groups is 1. The molecule has 1 aliphatic heterocycles. The van der Waals surface area contributed by atoms with Crippen molar-refractivity contribution in [3.05, 3.63) is 64.2 Å². The highest BCUT2D eigenvalue weighted by Gasteiger charge is 2.20. The summed E-state index contributed by atoms with van der Waals surface area (Å²) < 4.78 is 0. The van der Waals surface area contributed by atoms with Crippen LogP contribution in [0.2, 0.25) is 0 Å². The van der Waals surface area contributed by atoms with E-state index in [4.69, 9.17) is 0 Å². The van der Waals surface area contributed by atoms with Crippen molar-refractivity contribution in [1.29, 1.82) is 0 Å². The first kappa shape index (κ1) is 15.5. The second-order valence-electron chi connectivity index (χ2n) is 5.19. The Morgan fingerprint density at radius 3 is 2.33 bits per heavy atom. The second kappa shape index (κ2) is 6.37. The highest BCUT2D eigenvalue weighted by Crippen LogP contribution is 2.20. The van der Waals surface area contributed by atoms with Gasteiger partial charge >= 0.3 is 6.03 Å². The van der Waals surface area contributed by atoms with Gasteiger partial charge in [-0.05, 0) is 36.4 Å². The number of anilines is 2. The average Bonchev–Trinajstić information content (AvgIpc) is 3.01. The van der Waals surface area contributed by atoms with Gasteiger partial charge in [-0.25, -0.2) is 4.79 Å². The summed E-state index contributed by atoms with van der Waals surface area (Å²) in [5.74, 6) is -0.364. The molecular weight excluding hydrogens is 312 g/mol. The Morgan fingerprint density at radius 1 is 1.12 bits per heavy atom. The van der Waals surface area contributed by atoms with Crippen molar-refractivity contribution in [3.63, 3.8) is 0 Å². The lowest BCUT2D eigenvalue weighted by Crippen LogP contribution is -2.27. The van der Waals surface area contributed by atoms with Crippen LogP contribution in [0, 0.1) is 10.1 Å². The maximum atomic E-state index is 12.1. The number of carbonyl (C=O) groups is 2. The summed E-state index contributed by atoms with van der Waals surface area (Å²) in [5.41, 5.74) is 1.57. The van der Waals surface area contributed by atoms with Gasteiger partial charge in [0.05, 0.1) is 4.92 Å². The van der Waals surface area contributed by atoms with Gasteiger partial charge in [0.25, 0.3) is 11.6 Å². The van der Waals surface area contributed by atoms with Crippen LogP contribution < -0.4 is 15.5 Å². The van der Waals surface area contributed by atoms with Gasteiger partial charge in [-0.3, -0.25) is 19.8 Å². The van der Waals surface area contributed by atoms with Crippen LogP contribution in [-0.4, -0.2) is 30.0 Å². The Kier molecular flexibility index (Phi) is 4.11. The van der Waals surface area contributed by atoms with Crippen molar-refractivity contribution >= 4 is 29.0 Å². The van der Waals surface area contributed by atoms with Gasteiger partial charge in [-0.2, -0.15) is 0 Å². The fourth-order valence-electron chi connectivity index (χ4n) is 2.38. The molecule has 2 aromatic rings. The van der Waals surface area contributed by atoms with Gasteiger partial charge < -0.3 is 10.6 Å². The molecule has 1 aliphatic rings. The SMILES string of the molecule is O=C(Nc1ccc(N2CCNC2=O)cc1)c1ccc([N+](=O)[O-])cc1. The number of non-ortho nitro benzene ring substituents is 1. The Labute approximate surface area is 137 Å². The van der Waals surface area contributed by atoms with E-state index < -0.39 is 4.92 Å². The highest BCUT2D eigenvalue weighted by molar-refractivity contribution is 6.04. The molecule has 0 unspecified atom stereocenters. The molecule has 8 heteroatoms. The van der Waals surface area contributed by atoms with Gasteiger partial charge in [-0.15, -0.1) is 0 Å². The number of urea groups is 1. The van der Waals surface area contributed by atoms with E-state index in [0.29, 0.717) is 24.3 Å². The quantitative estimate of drug-likeness (QED) is 0.664. The zero-order valence-electron chi connectivity index (χ0n) is 12.6. The van der Waals surface area contributed by atoms with Gasteiger partial charge in [0.2, 0.25) is 0 Å². The number of amides is 3. The lowest BCUT2D eigenvalue weighted by atomic mass is 10.2. The van der Waals surface area contributed by atoms with E-state index in [0.717, 1.165) is 5.69 Å². The van der Waals surface area contributed by atoms with Crippen molar-refractivity contribution in [1.82, 2.24) is 5.32 Å². The summed E-state index contributed by atoms with van der Waals surface area (Å²) in [6, 6.07) is 12.1. The lowest BCUT2D eigenvalue weighted by molar-refractivity contribution is -0.384. The summed E-state index contributed by atoms with van der Waals surface area (Å²) in [4.78, 5) is 35.4. The number of nitrogens with zero attached hydrogens (tertiary/aromatic N) is 2. The molecule has 1 fully saturated rings. The van der Waals surface area contributed by atoms with E-state index in [9.17, 15) is 19.7 Å². The van der Waals surface area contributed by atoms with Crippen LogP contribution in [0.25, 0.3) is 0 Å². The minimum atomic E-state index is -0.519. The van der Waals surface area contributed by atoms with E-state index in [2.05, 4.69) is 10.6 Å². The Hall–Kier alpha value is -3.42. The van der Waals surface area contributed by atoms with Crippen LogP contribution in [0.15, 0.2) is 48.5 Å². The number of carbonyl (C=O) groups excluding carboxylic acids is 2. The van der Waals surface area contributed by atoms with Crippen molar-refractivity contribution in [2.24, 2.45) is 0 Å². The number of benzene rings is 2. The summed E-state index contributed by atoms with van der Waals surface area (Å²) in [6.07, 6.45) is 0. The van der Waals surface area contributed by atoms with E-state index >= 15 is 0 Å². The third-order valence-corrected chi connectivity index (χ3v) is 3.63. The molecule has 122 valence electrons. The first-order chi connectivity index (χ1) is 11.5.